The molecule has 0 saturated carbocycles. The number of hydrogen-bond donors (Lipinski definition) is 2. The number of nitrogens with one attached hydrogen (secondary N) is 1. The number of thiazole rings is 1. The molecule has 0 unspecified atom stereocenters. The van der Waals surface area contributed by atoms with Crippen molar-refractivity contribution in [3.63, 3.8) is 0 Å². The molecule has 164 valence electrons. The highest BCUT2D eigenvalue weighted by Crippen LogP contribution is 2.34. The quantitative estimate of drug-likeness (QED) is 0.532. The molecular formula is C21H23N3O5S2. The summed E-state index contributed by atoms with van der Waals surface area (Å²) >= 11 is 1.30. The predicted molar refractivity (Wildman–Crippen MR) is 119 cm³/mol. The van der Waals surface area contributed by atoms with Crippen LogP contribution < -0.4 is 19.9 Å². The number of aryl methyl sites for hydroxylation is 1. The van der Waals surface area contributed by atoms with Gasteiger partial charge in [0.1, 0.15) is 9.88 Å². The van der Waals surface area contributed by atoms with Gasteiger partial charge >= 0.3 is 0 Å². The topological polar surface area (TPSA) is 121 Å². The first kappa shape index (κ1) is 22.7. The van der Waals surface area contributed by atoms with Crippen molar-refractivity contribution >= 4 is 27.3 Å². The first-order valence-corrected chi connectivity index (χ1v) is 11.7. The average molecular weight is 462 g/mol. The number of benzene rings is 2. The molecule has 1 heterocycles. The first-order valence-electron chi connectivity index (χ1n) is 9.32. The molecule has 1 aromatic heterocycles. The Morgan fingerprint density at radius 1 is 1.10 bits per heavy atom. The zero-order valence-corrected chi connectivity index (χ0v) is 19.0. The minimum absolute atomic E-state index is 0.0586. The third-order valence-electron chi connectivity index (χ3n) is 4.58. The smallest absolute Gasteiger partial charge is 0.263 e. The molecule has 0 radical (unpaired) electrons. The van der Waals surface area contributed by atoms with Crippen LogP contribution in [0.1, 0.15) is 20.9 Å². The van der Waals surface area contributed by atoms with Crippen LogP contribution in [-0.4, -0.2) is 40.1 Å². The van der Waals surface area contributed by atoms with E-state index in [4.69, 9.17) is 14.6 Å². The van der Waals surface area contributed by atoms with Gasteiger partial charge in [0.15, 0.2) is 11.5 Å². The van der Waals surface area contributed by atoms with Crippen LogP contribution in [0.15, 0.2) is 47.4 Å². The van der Waals surface area contributed by atoms with Crippen LogP contribution in [0.4, 0.5) is 0 Å². The second-order valence-electron chi connectivity index (χ2n) is 6.70. The second kappa shape index (κ2) is 9.46. The lowest BCUT2D eigenvalue weighted by atomic mass is 10.1. The van der Waals surface area contributed by atoms with Gasteiger partial charge in [-0.3, -0.25) is 4.79 Å². The Hall–Kier alpha value is -2.95. The summed E-state index contributed by atoms with van der Waals surface area (Å²) in [7, 11) is -0.577. The molecule has 0 spiro atoms. The van der Waals surface area contributed by atoms with Gasteiger partial charge < -0.3 is 14.8 Å². The highest BCUT2D eigenvalue weighted by molar-refractivity contribution is 7.89. The van der Waals surface area contributed by atoms with E-state index in [9.17, 15) is 13.2 Å². The van der Waals surface area contributed by atoms with E-state index in [2.05, 4.69) is 10.3 Å². The summed E-state index contributed by atoms with van der Waals surface area (Å²) in [5, 5.41) is 8.69. The highest BCUT2D eigenvalue weighted by Gasteiger charge is 2.17. The molecule has 0 bridgehead atoms. The number of sulfonamides is 1. The van der Waals surface area contributed by atoms with Crippen molar-refractivity contribution in [1.82, 2.24) is 10.3 Å². The largest absolute Gasteiger partial charge is 0.493 e. The zero-order chi connectivity index (χ0) is 22.6. The molecule has 31 heavy (non-hydrogen) atoms. The number of methoxy groups -OCH3 is 2. The Labute approximate surface area is 185 Å². The van der Waals surface area contributed by atoms with Gasteiger partial charge in [-0.2, -0.15) is 0 Å². The molecular weight excluding hydrogens is 438 g/mol. The highest BCUT2D eigenvalue weighted by atomic mass is 32.2. The van der Waals surface area contributed by atoms with E-state index in [1.54, 1.807) is 39.3 Å². The minimum atomic E-state index is -3.71. The summed E-state index contributed by atoms with van der Waals surface area (Å²) in [4.78, 5) is 17.7. The molecule has 0 fully saturated rings. The van der Waals surface area contributed by atoms with E-state index in [1.165, 1.54) is 23.5 Å². The standard InChI is InChI=1S/C21H23N3O5S2/c1-13-19(30-21(24-13)15-6-9-17(28-2)18(12-15)29-3)20(25)23-11-10-14-4-7-16(8-5-14)31(22,26)27/h4-9,12H,10-11H2,1-3H3,(H,23,25)(H2,22,26,27). The van der Waals surface area contributed by atoms with Crippen molar-refractivity contribution in [1.29, 1.82) is 0 Å². The fourth-order valence-electron chi connectivity index (χ4n) is 2.95. The summed E-state index contributed by atoms with van der Waals surface area (Å²) in [6.45, 7) is 2.19. The van der Waals surface area contributed by atoms with E-state index >= 15 is 0 Å². The second-order valence-corrected chi connectivity index (χ2v) is 9.26. The Bertz CT molecular complexity index is 1190. The number of nitrogens with two attached hydrogens (primary N) is 1. The van der Waals surface area contributed by atoms with E-state index in [1.807, 2.05) is 12.1 Å². The molecule has 0 aliphatic carbocycles. The van der Waals surface area contributed by atoms with Crippen molar-refractivity contribution in [2.75, 3.05) is 20.8 Å². The Morgan fingerprint density at radius 3 is 2.39 bits per heavy atom. The molecule has 0 aliphatic heterocycles. The van der Waals surface area contributed by atoms with E-state index in [0.29, 0.717) is 40.0 Å². The Balaban J connectivity index is 1.66. The molecule has 1 amide bonds. The number of hydrogen-bond acceptors (Lipinski definition) is 7. The minimum Gasteiger partial charge on any atom is -0.493 e. The molecule has 0 aliphatic rings. The number of carbonyl (C=O) groups is 1. The number of amides is 1. The van der Waals surface area contributed by atoms with Gasteiger partial charge in [0, 0.05) is 12.1 Å². The van der Waals surface area contributed by atoms with Crippen molar-refractivity contribution in [3.8, 4) is 22.1 Å². The van der Waals surface area contributed by atoms with E-state index in [0.717, 1.165) is 11.1 Å². The van der Waals surface area contributed by atoms with Gasteiger partial charge in [-0.05, 0) is 49.2 Å². The SMILES string of the molecule is COc1ccc(-c2nc(C)c(C(=O)NCCc3ccc(S(N)(=O)=O)cc3)s2)cc1OC. The van der Waals surface area contributed by atoms with Crippen LogP contribution in [0.2, 0.25) is 0 Å². The summed E-state index contributed by atoms with van der Waals surface area (Å²) in [5.74, 6) is 1.00. The maximum absolute atomic E-state index is 12.6. The number of carbonyl (C=O) groups excluding carboxylic acids is 1. The van der Waals surface area contributed by atoms with Crippen LogP contribution in [0, 0.1) is 6.92 Å². The summed E-state index contributed by atoms with van der Waals surface area (Å²) < 4.78 is 33.2. The normalized spacial score (nSPS) is 11.2. The van der Waals surface area contributed by atoms with Gasteiger partial charge in [-0.1, -0.05) is 12.1 Å². The first-order chi connectivity index (χ1) is 14.7. The lowest BCUT2D eigenvalue weighted by Crippen LogP contribution is -2.25. The van der Waals surface area contributed by atoms with Gasteiger partial charge in [-0.25, -0.2) is 18.5 Å². The van der Waals surface area contributed by atoms with E-state index in [-0.39, 0.29) is 10.8 Å². The van der Waals surface area contributed by atoms with Crippen LogP contribution in [0.3, 0.4) is 0 Å². The van der Waals surface area contributed by atoms with Crippen LogP contribution in [-0.2, 0) is 16.4 Å². The monoisotopic (exact) mass is 461 g/mol. The maximum atomic E-state index is 12.6. The summed E-state index contributed by atoms with van der Waals surface area (Å²) in [6, 6.07) is 11.8. The van der Waals surface area contributed by atoms with Crippen molar-refractivity contribution in [2.45, 2.75) is 18.2 Å². The maximum Gasteiger partial charge on any atom is 0.263 e. The van der Waals surface area contributed by atoms with Gasteiger partial charge in [0.2, 0.25) is 10.0 Å². The molecule has 10 heteroatoms. The number of nitrogens with zero attached hydrogens (tertiary/aromatic N) is 1. The van der Waals surface area contributed by atoms with Gasteiger partial charge in [-0.15, -0.1) is 11.3 Å². The average Bonchev–Trinajstić information content (AvgIpc) is 3.14. The van der Waals surface area contributed by atoms with Gasteiger partial charge in [0.25, 0.3) is 5.91 Å². The van der Waals surface area contributed by atoms with Crippen LogP contribution >= 0.6 is 11.3 Å². The van der Waals surface area contributed by atoms with Crippen molar-refractivity contribution in [2.24, 2.45) is 5.14 Å². The Kier molecular flexibility index (Phi) is 6.94. The van der Waals surface area contributed by atoms with Crippen molar-refractivity contribution < 1.29 is 22.7 Å². The number of rotatable bonds is 8. The van der Waals surface area contributed by atoms with Crippen LogP contribution in [0.5, 0.6) is 11.5 Å². The Morgan fingerprint density at radius 2 is 1.77 bits per heavy atom. The lowest BCUT2D eigenvalue weighted by molar-refractivity contribution is 0.0957. The fraction of sp³-hybridized carbons (Fsp3) is 0.238. The molecule has 3 N–H and O–H groups in total. The fourth-order valence-corrected chi connectivity index (χ4v) is 4.44. The number of ether oxygens (including phenoxy) is 2. The van der Waals surface area contributed by atoms with Crippen molar-refractivity contribution in [3.05, 3.63) is 58.6 Å². The third kappa shape index (κ3) is 5.40. The van der Waals surface area contributed by atoms with Crippen LogP contribution in [0.25, 0.3) is 10.6 Å². The predicted octanol–water partition coefficient (Wildman–Crippen LogP) is 2.76. The molecule has 8 nitrogen and oxygen atoms in total. The third-order valence-corrected chi connectivity index (χ3v) is 6.72. The molecule has 0 saturated heterocycles. The summed E-state index contributed by atoms with van der Waals surface area (Å²) in [5.41, 5.74) is 2.37. The molecule has 0 atom stereocenters. The molecule has 2 aromatic carbocycles. The zero-order valence-electron chi connectivity index (χ0n) is 17.3. The number of primary sulfonamides is 1. The van der Waals surface area contributed by atoms with E-state index < -0.39 is 10.0 Å². The van der Waals surface area contributed by atoms with Gasteiger partial charge in [0.05, 0.1) is 24.8 Å². The molecule has 3 rings (SSSR count). The lowest BCUT2D eigenvalue weighted by Gasteiger charge is -2.08. The summed E-state index contributed by atoms with van der Waals surface area (Å²) in [6.07, 6.45) is 0.553. The number of aromatic nitrogens is 1. The molecule has 3 aromatic rings.